The second kappa shape index (κ2) is 5.73. The van der Waals surface area contributed by atoms with Gasteiger partial charge in [-0.3, -0.25) is 4.79 Å². The summed E-state index contributed by atoms with van der Waals surface area (Å²) in [7, 11) is 1.47. The van der Waals surface area contributed by atoms with Crippen LogP contribution in [0.5, 0.6) is 0 Å². The molecule has 2 rings (SSSR count). The first-order valence-corrected chi connectivity index (χ1v) is 5.79. The summed E-state index contributed by atoms with van der Waals surface area (Å²) in [6.45, 7) is 0.0637. The molecule has 1 amide bonds. The molecule has 0 aliphatic carbocycles. The van der Waals surface area contributed by atoms with E-state index in [4.69, 9.17) is 0 Å². The first-order chi connectivity index (χ1) is 9.47. The quantitative estimate of drug-likeness (QED) is 0.810. The van der Waals surface area contributed by atoms with E-state index in [1.165, 1.54) is 30.1 Å². The van der Waals surface area contributed by atoms with E-state index in [1.807, 2.05) is 0 Å². The van der Waals surface area contributed by atoms with Gasteiger partial charge in [-0.25, -0.2) is 13.8 Å². The van der Waals surface area contributed by atoms with Gasteiger partial charge in [0.2, 0.25) is 5.95 Å². The summed E-state index contributed by atoms with van der Waals surface area (Å²) in [6, 6.07) is 7.27. The second-order valence-electron chi connectivity index (χ2n) is 4.26. The van der Waals surface area contributed by atoms with Crippen molar-refractivity contribution in [2.75, 3.05) is 7.05 Å². The monoisotopic (exact) mass is 280 g/mol. The predicted molar refractivity (Wildman–Crippen MR) is 66.4 cm³/mol. The molecule has 0 aliphatic heterocycles. The van der Waals surface area contributed by atoms with Crippen LogP contribution in [0.15, 0.2) is 36.4 Å². The fourth-order valence-electron chi connectivity index (χ4n) is 1.71. The number of pyridine rings is 1. The van der Waals surface area contributed by atoms with E-state index in [0.717, 1.165) is 18.2 Å². The molecule has 0 fully saturated rings. The Morgan fingerprint density at radius 2 is 1.90 bits per heavy atom. The number of halogens is 3. The number of hydrogen-bond acceptors (Lipinski definition) is 2. The Labute approximate surface area is 113 Å². The molecule has 3 nitrogen and oxygen atoms in total. The second-order valence-corrected chi connectivity index (χ2v) is 4.26. The van der Waals surface area contributed by atoms with Crippen molar-refractivity contribution in [3.8, 4) is 0 Å². The molecule has 104 valence electrons. The van der Waals surface area contributed by atoms with Crippen LogP contribution in [0.25, 0.3) is 0 Å². The zero-order valence-electron chi connectivity index (χ0n) is 10.6. The molecule has 2 aromatic rings. The third-order valence-corrected chi connectivity index (χ3v) is 2.68. The summed E-state index contributed by atoms with van der Waals surface area (Å²) in [5.41, 5.74) is 0.381. The molecule has 0 atom stereocenters. The lowest BCUT2D eigenvalue weighted by Gasteiger charge is -2.16. The number of carbonyl (C=O) groups is 1. The summed E-state index contributed by atoms with van der Waals surface area (Å²) in [5, 5.41) is 0. The summed E-state index contributed by atoms with van der Waals surface area (Å²) in [5.74, 6) is -3.19. The van der Waals surface area contributed by atoms with Gasteiger partial charge in [0.25, 0.3) is 5.91 Å². The van der Waals surface area contributed by atoms with Gasteiger partial charge in [-0.15, -0.1) is 0 Å². The van der Waals surface area contributed by atoms with E-state index in [1.54, 1.807) is 0 Å². The van der Waals surface area contributed by atoms with Gasteiger partial charge < -0.3 is 4.90 Å². The van der Waals surface area contributed by atoms with Crippen molar-refractivity contribution in [2.24, 2.45) is 0 Å². The van der Waals surface area contributed by atoms with Gasteiger partial charge in [-0.2, -0.15) is 4.39 Å². The lowest BCUT2D eigenvalue weighted by molar-refractivity contribution is 0.0778. The van der Waals surface area contributed by atoms with Gasteiger partial charge in [-0.05, 0) is 29.8 Å². The molecule has 0 spiro atoms. The Hall–Kier alpha value is -2.37. The molecule has 0 aliphatic rings. The van der Waals surface area contributed by atoms with Crippen molar-refractivity contribution in [1.29, 1.82) is 0 Å². The first-order valence-electron chi connectivity index (χ1n) is 5.79. The van der Waals surface area contributed by atoms with Crippen LogP contribution in [0.2, 0.25) is 0 Å². The summed E-state index contributed by atoms with van der Waals surface area (Å²) in [6.07, 6.45) is 0. The fraction of sp³-hybridized carbons (Fsp3) is 0.143. The largest absolute Gasteiger partial charge is 0.336 e. The molecule has 0 unspecified atom stereocenters. The molecule has 0 saturated carbocycles. The van der Waals surface area contributed by atoms with Crippen LogP contribution in [0, 0.1) is 17.6 Å². The van der Waals surface area contributed by atoms with E-state index < -0.39 is 23.5 Å². The van der Waals surface area contributed by atoms with Gasteiger partial charge in [0.1, 0.15) is 5.69 Å². The number of carbonyl (C=O) groups excluding carboxylic acids is 1. The number of amides is 1. The Bertz CT molecular complexity index is 646. The molecular weight excluding hydrogens is 269 g/mol. The van der Waals surface area contributed by atoms with Crippen molar-refractivity contribution < 1.29 is 18.0 Å². The zero-order valence-corrected chi connectivity index (χ0v) is 10.6. The van der Waals surface area contributed by atoms with Gasteiger partial charge in [0, 0.05) is 13.6 Å². The molecule has 0 saturated heterocycles. The molecule has 1 aromatic heterocycles. The third-order valence-electron chi connectivity index (χ3n) is 2.68. The Balaban J connectivity index is 2.13. The SMILES string of the molecule is CN(Cc1ccc(F)c(F)c1)C(=O)c1cccc(F)n1. The van der Waals surface area contributed by atoms with Crippen molar-refractivity contribution in [3.63, 3.8) is 0 Å². The average molecular weight is 280 g/mol. The van der Waals surface area contributed by atoms with Crippen LogP contribution in [-0.2, 0) is 6.54 Å². The van der Waals surface area contributed by atoms with Crippen LogP contribution in [-0.4, -0.2) is 22.8 Å². The number of aromatic nitrogens is 1. The Morgan fingerprint density at radius 3 is 2.55 bits per heavy atom. The molecule has 1 aromatic carbocycles. The maximum atomic E-state index is 13.1. The van der Waals surface area contributed by atoms with Crippen LogP contribution >= 0.6 is 0 Å². The van der Waals surface area contributed by atoms with Gasteiger partial charge in [0.05, 0.1) is 0 Å². The normalized spacial score (nSPS) is 10.4. The zero-order chi connectivity index (χ0) is 14.7. The summed E-state index contributed by atoms with van der Waals surface area (Å²) >= 11 is 0. The highest BCUT2D eigenvalue weighted by molar-refractivity contribution is 5.92. The molecular formula is C14H11F3N2O. The molecule has 0 bridgehead atoms. The standard InChI is InChI=1S/C14H11F3N2O/c1-19(8-9-5-6-10(15)11(16)7-9)14(20)12-3-2-4-13(17)18-12/h2-7H,8H2,1H3. The van der Waals surface area contributed by atoms with Crippen LogP contribution < -0.4 is 0 Å². The number of benzene rings is 1. The van der Waals surface area contributed by atoms with E-state index in [-0.39, 0.29) is 12.2 Å². The summed E-state index contributed by atoms with van der Waals surface area (Å²) < 4.78 is 38.8. The van der Waals surface area contributed by atoms with Gasteiger partial charge >= 0.3 is 0 Å². The van der Waals surface area contributed by atoms with Crippen LogP contribution in [0.3, 0.4) is 0 Å². The first kappa shape index (κ1) is 14.0. The van der Waals surface area contributed by atoms with Gasteiger partial charge in [-0.1, -0.05) is 12.1 Å². The minimum absolute atomic E-state index is 0.0462. The van der Waals surface area contributed by atoms with Crippen molar-refractivity contribution in [3.05, 3.63) is 65.2 Å². The van der Waals surface area contributed by atoms with Crippen molar-refractivity contribution in [1.82, 2.24) is 9.88 Å². The Kier molecular flexibility index (Phi) is 4.02. The smallest absolute Gasteiger partial charge is 0.272 e. The fourth-order valence-corrected chi connectivity index (χ4v) is 1.71. The highest BCUT2D eigenvalue weighted by Gasteiger charge is 2.14. The van der Waals surface area contributed by atoms with E-state index in [9.17, 15) is 18.0 Å². The highest BCUT2D eigenvalue weighted by Crippen LogP contribution is 2.12. The number of hydrogen-bond donors (Lipinski definition) is 0. The third kappa shape index (κ3) is 3.14. The van der Waals surface area contributed by atoms with E-state index in [0.29, 0.717) is 5.56 Å². The average Bonchev–Trinajstić information content (AvgIpc) is 2.42. The lowest BCUT2D eigenvalue weighted by Crippen LogP contribution is -2.27. The Morgan fingerprint density at radius 1 is 1.15 bits per heavy atom. The predicted octanol–water partition coefficient (Wildman–Crippen LogP) is 2.77. The molecule has 6 heteroatoms. The topological polar surface area (TPSA) is 33.2 Å². The van der Waals surface area contributed by atoms with Gasteiger partial charge in [0.15, 0.2) is 11.6 Å². The molecule has 0 N–H and O–H groups in total. The molecule has 1 heterocycles. The van der Waals surface area contributed by atoms with Crippen LogP contribution in [0.1, 0.15) is 16.1 Å². The molecule has 20 heavy (non-hydrogen) atoms. The summed E-state index contributed by atoms with van der Waals surface area (Å²) in [4.78, 5) is 16.7. The maximum absolute atomic E-state index is 13.1. The lowest BCUT2D eigenvalue weighted by atomic mass is 10.2. The van der Waals surface area contributed by atoms with Crippen molar-refractivity contribution in [2.45, 2.75) is 6.54 Å². The minimum atomic E-state index is -0.979. The van der Waals surface area contributed by atoms with E-state index in [2.05, 4.69) is 4.98 Å². The number of nitrogens with zero attached hydrogens (tertiary/aromatic N) is 2. The van der Waals surface area contributed by atoms with Crippen molar-refractivity contribution >= 4 is 5.91 Å². The number of rotatable bonds is 3. The minimum Gasteiger partial charge on any atom is -0.336 e. The molecule has 0 radical (unpaired) electrons. The maximum Gasteiger partial charge on any atom is 0.272 e. The van der Waals surface area contributed by atoms with E-state index >= 15 is 0 Å². The van der Waals surface area contributed by atoms with Crippen LogP contribution in [0.4, 0.5) is 13.2 Å². The highest BCUT2D eigenvalue weighted by atomic mass is 19.2.